The quantitative estimate of drug-likeness (QED) is 0.216. The molecule has 0 atom stereocenters. The van der Waals surface area contributed by atoms with Crippen LogP contribution in [0.1, 0.15) is 25.0 Å². The summed E-state index contributed by atoms with van der Waals surface area (Å²) in [5, 5.41) is 8.71. The van der Waals surface area contributed by atoms with E-state index < -0.39 is 6.29 Å². The fourth-order valence-electron chi connectivity index (χ4n) is 3.84. The van der Waals surface area contributed by atoms with Crippen molar-refractivity contribution in [2.75, 3.05) is 29.6 Å². The van der Waals surface area contributed by atoms with Gasteiger partial charge in [-0.25, -0.2) is 9.78 Å². The van der Waals surface area contributed by atoms with Crippen LogP contribution in [0.15, 0.2) is 66.2 Å². The summed E-state index contributed by atoms with van der Waals surface area (Å²) < 4.78 is 12.3. The number of pyridine rings is 1. The highest BCUT2D eigenvalue weighted by molar-refractivity contribution is 7.18. The summed E-state index contributed by atoms with van der Waals surface area (Å²) in [5.41, 5.74) is 11.7. The maximum absolute atomic E-state index is 12.4. The molecule has 0 unspecified atom stereocenters. The lowest BCUT2D eigenvalue weighted by atomic mass is 10.0. The van der Waals surface area contributed by atoms with E-state index >= 15 is 0 Å². The number of amides is 2. The van der Waals surface area contributed by atoms with E-state index in [2.05, 4.69) is 21.0 Å². The zero-order valence-electron chi connectivity index (χ0n) is 20.6. The Hall–Kier alpha value is -3.72. The molecule has 0 saturated heterocycles. The molecular weight excluding hydrogens is 472 g/mol. The number of thiophene rings is 1. The number of carbonyl (C=O) groups is 1. The molecule has 0 radical (unpaired) electrons. The summed E-state index contributed by atoms with van der Waals surface area (Å²) in [7, 11) is 0. The van der Waals surface area contributed by atoms with Gasteiger partial charge in [0, 0.05) is 52.0 Å². The lowest BCUT2D eigenvalue weighted by molar-refractivity contribution is -0.103. The number of carbonyl (C=O) groups excluding carboxylic acids is 1. The van der Waals surface area contributed by atoms with Gasteiger partial charge in [-0.3, -0.25) is 0 Å². The SMILES string of the molecule is CCOC(/C=C/c1cnc(N)c2c(-c3ccc(NC(=O)Nc4cccc(C)c4)cc3)csc12)OCC. The zero-order chi connectivity index (χ0) is 25.5. The van der Waals surface area contributed by atoms with Gasteiger partial charge in [0.15, 0.2) is 6.29 Å². The summed E-state index contributed by atoms with van der Waals surface area (Å²) in [5.74, 6) is 0.476. The van der Waals surface area contributed by atoms with E-state index in [4.69, 9.17) is 15.2 Å². The molecule has 0 saturated carbocycles. The molecule has 186 valence electrons. The number of aryl methyl sites for hydroxylation is 1. The van der Waals surface area contributed by atoms with E-state index in [1.807, 2.05) is 81.5 Å². The normalized spacial score (nSPS) is 11.4. The Balaban J connectivity index is 1.53. The van der Waals surface area contributed by atoms with Crippen LogP contribution < -0.4 is 16.4 Å². The molecule has 2 heterocycles. The topological polar surface area (TPSA) is 98.5 Å². The number of anilines is 3. The first kappa shape index (κ1) is 25.4. The van der Waals surface area contributed by atoms with Crippen LogP contribution in [0.4, 0.5) is 22.0 Å². The lowest BCUT2D eigenvalue weighted by Crippen LogP contribution is -2.19. The summed E-state index contributed by atoms with van der Waals surface area (Å²) in [4.78, 5) is 16.8. The third-order valence-corrected chi connectivity index (χ3v) is 6.51. The molecule has 4 N–H and O–H groups in total. The Bertz CT molecular complexity index is 1360. The molecule has 0 aliphatic rings. The standard InChI is InChI=1S/C28H30N4O3S/c1-4-34-24(35-5-2)14-11-20-16-30-27(29)25-23(17-36-26(20)25)19-9-12-21(13-10-19)31-28(33)32-22-8-6-7-18(3)15-22/h6-17,24H,4-5H2,1-3H3,(H2,29,30)(H2,31,32,33)/b14-11+. The van der Waals surface area contributed by atoms with Crippen molar-refractivity contribution in [2.45, 2.75) is 27.1 Å². The van der Waals surface area contributed by atoms with Gasteiger partial charge in [-0.05, 0) is 67.6 Å². The Kier molecular flexibility index (Phi) is 8.32. The smallest absolute Gasteiger partial charge is 0.323 e. The zero-order valence-corrected chi connectivity index (χ0v) is 21.4. The van der Waals surface area contributed by atoms with Crippen LogP contribution in [0.3, 0.4) is 0 Å². The van der Waals surface area contributed by atoms with Gasteiger partial charge in [-0.2, -0.15) is 0 Å². The second kappa shape index (κ2) is 11.8. The Morgan fingerprint density at radius 2 is 1.81 bits per heavy atom. The highest BCUT2D eigenvalue weighted by atomic mass is 32.1. The number of rotatable bonds is 9. The third-order valence-electron chi connectivity index (χ3n) is 5.48. The van der Waals surface area contributed by atoms with E-state index in [9.17, 15) is 4.79 Å². The molecule has 36 heavy (non-hydrogen) atoms. The first-order valence-electron chi connectivity index (χ1n) is 11.8. The van der Waals surface area contributed by atoms with Gasteiger partial charge in [-0.15, -0.1) is 11.3 Å². The minimum absolute atomic E-state index is 0.295. The second-order valence-corrected chi connectivity index (χ2v) is 9.00. The minimum Gasteiger partial charge on any atom is -0.383 e. The molecule has 7 nitrogen and oxygen atoms in total. The van der Waals surface area contributed by atoms with Crippen molar-refractivity contribution in [3.63, 3.8) is 0 Å². The third kappa shape index (κ3) is 6.09. The first-order chi connectivity index (χ1) is 17.5. The maximum Gasteiger partial charge on any atom is 0.323 e. The lowest BCUT2D eigenvalue weighted by Gasteiger charge is -2.12. The van der Waals surface area contributed by atoms with Gasteiger partial charge in [0.25, 0.3) is 0 Å². The highest BCUT2D eigenvalue weighted by Crippen LogP contribution is 2.39. The highest BCUT2D eigenvalue weighted by Gasteiger charge is 2.14. The van der Waals surface area contributed by atoms with E-state index in [1.54, 1.807) is 17.5 Å². The molecule has 0 bridgehead atoms. The summed E-state index contributed by atoms with van der Waals surface area (Å²) in [6.07, 6.45) is 5.21. The average molecular weight is 503 g/mol. The molecular formula is C28H30N4O3S. The molecule has 4 aromatic rings. The van der Waals surface area contributed by atoms with Crippen LogP contribution in [-0.4, -0.2) is 30.5 Å². The fraction of sp³-hybridized carbons (Fsp3) is 0.214. The molecule has 2 aromatic carbocycles. The molecule has 0 fully saturated rings. The van der Waals surface area contributed by atoms with Crippen molar-refractivity contribution >= 4 is 50.7 Å². The fourth-order valence-corrected chi connectivity index (χ4v) is 4.92. The largest absolute Gasteiger partial charge is 0.383 e. The van der Waals surface area contributed by atoms with Crippen LogP contribution in [0.2, 0.25) is 0 Å². The molecule has 2 aromatic heterocycles. The summed E-state index contributed by atoms with van der Waals surface area (Å²) in [6.45, 7) is 6.98. The molecule has 4 rings (SSSR count). The number of hydrogen-bond acceptors (Lipinski definition) is 6. The average Bonchev–Trinajstić information content (AvgIpc) is 3.31. The van der Waals surface area contributed by atoms with Gasteiger partial charge < -0.3 is 25.8 Å². The number of benzene rings is 2. The number of aromatic nitrogens is 1. The van der Waals surface area contributed by atoms with E-state index in [1.165, 1.54) is 0 Å². The van der Waals surface area contributed by atoms with Crippen molar-refractivity contribution in [2.24, 2.45) is 0 Å². The van der Waals surface area contributed by atoms with Gasteiger partial charge in [-0.1, -0.05) is 30.3 Å². The Morgan fingerprint density at radius 3 is 2.50 bits per heavy atom. The minimum atomic E-state index is -0.407. The Morgan fingerprint density at radius 1 is 1.08 bits per heavy atom. The van der Waals surface area contributed by atoms with Gasteiger partial charge in [0.05, 0.1) is 0 Å². The van der Waals surface area contributed by atoms with E-state index in [-0.39, 0.29) is 6.03 Å². The van der Waals surface area contributed by atoms with Gasteiger partial charge in [0.1, 0.15) is 5.82 Å². The van der Waals surface area contributed by atoms with Crippen molar-refractivity contribution in [3.8, 4) is 11.1 Å². The van der Waals surface area contributed by atoms with Crippen molar-refractivity contribution < 1.29 is 14.3 Å². The Labute approximate surface area is 215 Å². The van der Waals surface area contributed by atoms with Gasteiger partial charge in [0.2, 0.25) is 0 Å². The van der Waals surface area contributed by atoms with Crippen LogP contribution in [0, 0.1) is 6.92 Å². The second-order valence-electron chi connectivity index (χ2n) is 8.12. The predicted molar refractivity (Wildman–Crippen MR) is 149 cm³/mol. The van der Waals surface area contributed by atoms with E-state index in [0.29, 0.717) is 24.7 Å². The van der Waals surface area contributed by atoms with E-state index in [0.717, 1.165) is 38.0 Å². The molecule has 8 heteroatoms. The number of ether oxygens (including phenoxy) is 2. The molecule has 0 aliphatic carbocycles. The maximum atomic E-state index is 12.4. The monoisotopic (exact) mass is 502 g/mol. The van der Waals surface area contributed by atoms with Crippen molar-refractivity contribution in [1.82, 2.24) is 4.98 Å². The van der Waals surface area contributed by atoms with Crippen LogP contribution >= 0.6 is 11.3 Å². The van der Waals surface area contributed by atoms with Crippen molar-refractivity contribution in [3.05, 3.63) is 77.3 Å². The number of nitrogens with two attached hydrogens (primary N) is 1. The first-order valence-corrected chi connectivity index (χ1v) is 12.7. The number of hydrogen-bond donors (Lipinski definition) is 3. The number of urea groups is 1. The van der Waals surface area contributed by atoms with Crippen LogP contribution in [-0.2, 0) is 9.47 Å². The van der Waals surface area contributed by atoms with Crippen LogP contribution in [0.5, 0.6) is 0 Å². The molecule has 0 aliphatic heterocycles. The van der Waals surface area contributed by atoms with Crippen LogP contribution in [0.25, 0.3) is 27.3 Å². The molecule has 2 amide bonds. The number of fused-ring (bicyclic) bond motifs is 1. The molecule has 0 spiro atoms. The van der Waals surface area contributed by atoms with Gasteiger partial charge >= 0.3 is 6.03 Å². The van der Waals surface area contributed by atoms with Crippen molar-refractivity contribution in [1.29, 1.82) is 0 Å². The number of nitrogens with one attached hydrogen (secondary N) is 2. The summed E-state index contributed by atoms with van der Waals surface area (Å²) in [6, 6.07) is 15.0. The number of nitrogens with zero attached hydrogens (tertiary/aromatic N) is 1. The number of nitrogen functional groups attached to an aromatic ring is 1. The predicted octanol–water partition coefficient (Wildman–Crippen LogP) is 6.91. The summed E-state index contributed by atoms with van der Waals surface area (Å²) >= 11 is 1.61.